The van der Waals surface area contributed by atoms with E-state index in [0.29, 0.717) is 56.2 Å². The Balaban J connectivity index is 0.945. The molecule has 4 atom stereocenters. The first-order chi connectivity index (χ1) is 29.2. The number of hydrogen-bond donors (Lipinski definition) is 3. The van der Waals surface area contributed by atoms with Gasteiger partial charge in [-0.25, -0.2) is 14.8 Å². The molecular formula is C46H57N9O6. The number of ether oxygens (including phenoxy) is 1. The molecule has 322 valence electrons. The Morgan fingerprint density at radius 2 is 1.67 bits per heavy atom. The number of carbonyl (C=O) groups excluding carboxylic acids is 5. The third kappa shape index (κ3) is 8.82. The van der Waals surface area contributed by atoms with Crippen molar-refractivity contribution < 1.29 is 28.7 Å². The maximum Gasteiger partial charge on any atom is 0.407 e. The van der Waals surface area contributed by atoms with Crippen LogP contribution in [0.1, 0.15) is 88.1 Å². The number of aromatic amines is 1. The predicted octanol–water partition coefficient (Wildman–Crippen LogP) is 6.18. The maximum absolute atomic E-state index is 13.6. The minimum absolute atomic E-state index is 0.00516. The van der Waals surface area contributed by atoms with Gasteiger partial charge in [-0.15, -0.1) is 0 Å². The zero-order valence-electron chi connectivity index (χ0n) is 36.2. The summed E-state index contributed by atoms with van der Waals surface area (Å²) in [5, 5.41) is 5.70. The van der Waals surface area contributed by atoms with Crippen LogP contribution in [-0.4, -0.2) is 117 Å². The molecule has 3 aliphatic rings. The normalized spacial score (nSPS) is 20.8. The molecule has 0 bridgehead atoms. The first-order valence-electron chi connectivity index (χ1n) is 21.2. The second kappa shape index (κ2) is 17.8. The van der Waals surface area contributed by atoms with Crippen LogP contribution < -0.4 is 15.5 Å². The van der Waals surface area contributed by atoms with E-state index in [4.69, 9.17) is 4.74 Å². The van der Waals surface area contributed by atoms with Gasteiger partial charge in [0.15, 0.2) is 0 Å². The second-order valence-electron chi connectivity index (χ2n) is 17.0. The Morgan fingerprint density at radius 1 is 0.918 bits per heavy atom. The van der Waals surface area contributed by atoms with Crippen LogP contribution in [0.3, 0.4) is 0 Å². The average Bonchev–Trinajstić information content (AvgIpc) is 4.03. The van der Waals surface area contributed by atoms with Crippen molar-refractivity contribution in [2.45, 2.75) is 90.9 Å². The number of nitrogens with zero attached hydrogens (tertiary/aromatic N) is 6. The van der Waals surface area contributed by atoms with E-state index in [0.717, 1.165) is 53.0 Å². The highest BCUT2D eigenvalue weighted by Gasteiger charge is 2.47. The van der Waals surface area contributed by atoms with Crippen LogP contribution in [-0.2, 0) is 19.1 Å². The minimum Gasteiger partial charge on any atom is -0.453 e. The lowest BCUT2D eigenvalue weighted by atomic mass is 9.95. The second-order valence-corrected chi connectivity index (χ2v) is 17.0. The van der Waals surface area contributed by atoms with Crippen molar-refractivity contribution in [3.05, 3.63) is 83.9 Å². The molecule has 0 saturated carbocycles. The van der Waals surface area contributed by atoms with E-state index in [1.165, 1.54) is 14.0 Å². The van der Waals surface area contributed by atoms with E-state index in [9.17, 15) is 24.0 Å². The first-order valence-corrected chi connectivity index (χ1v) is 21.2. The van der Waals surface area contributed by atoms with Gasteiger partial charge in [0.2, 0.25) is 17.7 Å². The van der Waals surface area contributed by atoms with E-state index in [-0.39, 0.29) is 41.6 Å². The van der Waals surface area contributed by atoms with Crippen molar-refractivity contribution in [1.29, 1.82) is 0 Å². The Hall–Kier alpha value is -6.25. The zero-order chi connectivity index (χ0) is 43.6. The number of aryl methyl sites for hydroxylation is 1. The lowest BCUT2D eigenvalue weighted by Crippen LogP contribution is -2.61. The molecule has 4 aromatic rings. The highest BCUT2D eigenvalue weighted by molar-refractivity contribution is 6.04. The quantitative estimate of drug-likeness (QED) is 0.169. The van der Waals surface area contributed by atoms with E-state index >= 15 is 0 Å². The van der Waals surface area contributed by atoms with Gasteiger partial charge in [-0.1, -0.05) is 44.2 Å². The summed E-state index contributed by atoms with van der Waals surface area (Å²) in [7, 11) is 1.29. The van der Waals surface area contributed by atoms with Gasteiger partial charge in [-0.3, -0.25) is 19.2 Å². The van der Waals surface area contributed by atoms with Gasteiger partial charge in [-0.05, 0) is 98.9 Å². The van der Waals surface area contributed by atoms with Gasteiger partial charge < -0.3 is 40.0 Å². The molecule has 3 N–H and O–H groups in total. The SMILES string of the molecule is COC(=O)N[C@H](C(=O)N1CCC[C@H]1c1ncc(-c2ccc(-c3ccc(NC(=O)c4ccc(N5CCN(C(=O)[C@@]6(C)CCCN6C(C)=O)C[C@H]5C)nc4)cc3C)cc2)[nH]1)C(C)C. The minimum atomic E-state index is -0.796. The van der Waals surface area contributed by atoms with Crippen molar-refractivity contribution in [2.24, 2.45) is 5.92 Å². The zero-order valence-corrected chi connectivity index (χ0v) is 36.2. The molecule has 0 unspecified atom stereocenters. The predicted molar refractivity (Wildman–Crippen MR) is 233 cm³/mol. The lowest BCUT2D eigenvalue weighted by Gasteiger charge is -2.44. The molecule has 5 amide bonds. The Bertz CT molecular complexity index is 2280. The van der Waals surface area contributed by atoms with E-state index in [2.05, 4.69) is 49.5 Å². The van der Waals surface area contributed by atoms with Gasteiger partial charge in [-0.2, -0.15) is 0 Å². The number of rotatable bonds is 10. The van der Waals surface area contributed by atoms with Crippen molar-refractivity contribution in [3.63, 3.8) is 0 Å². The van der Waals surface area contributed by atoms with Gasteiger partial charge in [0.05, 0.1) is 30.6 Å². The Morgan fingerprint density at radius 3 is 2.33 bits per heavy atom. The van der Waals surface area contributed by atoms with Crippen LogP contribution in [0.25, 0.3) is 22.4 Å². The molecule has 7 rings (SSSR count). The molecular weight excluding hydrogens is 775 g/mol. The largest absolute Gasteiger partial charge is 0.453 e. The molecule has 15 heteroatoms. The third-order valence-electron chi connectivity index (χ3n) is 12.5. The van der Waals surface area contributed by atoms with Gasteiger partial charge >= 0.3 is 6.09 Å². The van der Waals surface area contributed by atoms with Crippen LogP contribution in [0.2, 0.25) is 0 Å². The standard InChI is InChI=1S/C46H57N9O6/c1-28(2)40(51-45(60)61-7)43(58)54-20-8-10-38(54)41-48-26-37(50-41)33-13-11-32(12-14-33)36-17-16-35(24-29(36)3)49-42(57)34-15-18-39(47-25-34)53-23-22-52(27-30(53)4)44(59)46(6)19-9-21-55(46)31(5)56/h11-18,24-26,28,30,38,40H,8-10,19-23,27H2,1-7H3,(H,48,50)(H,49,57)(H,51,60)/t30-,38+,40+,46-/m1/s1. The van der Waals surface area contributed by atoms with Crippen molar-refractivity contribution in [1.82, 2.24) is 35.0 Å². The summed E-state index contributed by atoms with van der Waals surface area (Å²) >= 11 is 0. The van der Waals surface area contributed by atoms with Crippen molar-refractivity contribution >= 4 is 41.2 Å². The van der Waals surface area contributed by atoms with E-state index in [1.54, 1.807) is 28.3 Å². The first kappa shape index (κ1) is 42.9. The van der Waals surface area contributed by atoms with Gasteiger partial charge in [0, 0.05) is 57.6 Å². The van der Waals surface area contributed by atoms with Crippen LogP contribution in [0, 0.1) is 12.8 Å². The molecule has 0 spiro atoms. The number of anilines is 2. The summed E-state index contributed by atoms with van der Waals surface area (Å²) in [6.07, 6.45) is 5.85. The number of carbonyl (C=O) groups is 5. The molecule has 0 radical (unpaired) electrons. The smallest absolute Gasteiger partial charge is 0.407 e. The molecule has 15 nitrogen and oxygen atoms in total. The van der Waals surface area contributed by atoms with Crippen molar-refractivity contribution in [2.75, 3.05) is 50.1 Å². The summed E-state index contributed by atoms with van der Waals surface area (Å²) in [6.45, 7) is 14.1. The summed E-state index contributed by atoms with van der Waals surface area (Å²) in [4.78, 5) is 85.0. The number of nitrogens with one attached hydrogen (secondary N) is 3. The fourth-order valence-corrected chi connectivity index (χ4v) is 9.15. The fourth-order valence-electron chi connectivity index (χ4n) is 9.15. The third-order valence-corrected chi connectivity index (χ3v) is 12.5. The molecule has 3 aliphatic heterocycles. The number of piperazine rings is 1. The number of methoxy groups -OCH3 is 1. The number of hydrogen-bond acceptors (Lipinski definition) is 9. The van der Waals surface area contributed by atoms with Crippen LogP contribution >= 0.6 is 0 Å². The number of imidazole rings is 1. The van der Waals surface area contributed by atoms with Crippen LogP contribution in [0.4, 0.5) is 16.3 Å². The average molecular weight is 832 g/mol. The fraction of sp³-hybridized carbons (Fsp3) is 0.457. The van der Waals surface area contributed by atoms with Gasteiger partial charge in [0.25, 0.3) is 5.91 Å². The highest BCUT2D eigenvalue weighted by atomic mass is 16.5. The number of benzene rings is 2. The van der Waals surface area contributed by atoms with Gasteiger partial charge in [0.1, 0.15) is 23.2 Å². The highest BCUT2D eigenvalue weighted by Crippen LogP contribution is 2.35. The molecule has 5 heterocycles. The topological polar surface area (TPSA) is 173 Å². The Kier molecular flexibility index (Phi) is 12.5. The number of alkyl carbamates (subject to hydrolysis) is 1. The maximum atomic E-state index is 13.6. The monoisotopic (exact) mass is 831 g/mol. The number of H-pyrrole nitrogens is 1. The molecule has 2 aromatic heterocycles. The molecule has 3 saturated heterocycles. The molecule has 3 fully saturated rings. The summed E-state index contributed by atoms with van der Waals surface area (Å²) in [5.74, 6) is 0.865. The summed E-state index contributed by atoms with van der Waals surface area (Å²) in [6, 6.07) is 16.7. The van der Waals surface area contributed by atoms with E-state index < -0.39 is 17.7 Å². The number of likely N-dealkylation sites (tertiary alicyclic amines) is 2. The van der Waals surface area contributed by atoms with Crippen molar-refractivity contribution in [3.8, 4) is 22.4 Å². The molecule has 0 aliphatic carbocycles. The summed E-state index contributed by atoms with van der Waals surface area (Å²) < 4.78 is 4.76. The van der Waals surface area contributed by atoms with E-state index in [1.807, 2.05) is 69.0 Å². The lowest BCUT2D eigenvalue weighted by molar-refractivity contribution is -0.150. The van der Waals surface area contributed by atoms with Crippen LogP contribution in [0.5, 0.6) is 0 Å². The summed E-state index contributed by atoms with van der Waals surface area (Å²) in [5.41, 5.74) is 5.16. The molecule has 61 heavy (non-hydrogen) atoms. The number of aromatic nitrogens is 3. The Labute approximate surface area is 357 Å². The number of pyridine rings is 1. The van der Waals surface area contributed by atoms with Crippen LogP contribution in [0.15, 0.2) is 67.0 Å². The number of amides is 5. The molecule has 2 aromatic carbocycles.